The van der Waals surface area contributed by atoms with Crippen LogP contribution >= 0.6 is 0 Å². The fraction of sp³-hybridized carbons (Fsp3) is 0.625. The number of benzene rings is 1. The molecule has 0 spiro atoms. The van der Waals surface area contributed by atoms with Gasteiger partial charge in [-0.1, -0.05) is 36.2 Å². The highest BCUT2D eigenvalue weighted by Gasteiger charge is 2.32. The van der Waals surface area contributed by atoms with Gasteiger partial charge in [0.1, 0.15) is 0 Å². The van der Waals surface area contributed by atoms with Crippen LogP contribution in [-0.2, 0) is 0 Å². The molecule has 3 heteroatoms. The second kappa shape index (κ2) is 6.51. The van der Waals surface area contributed by atoms with E-state index in [-0.39, 0.29) is 18.7 Å². The molecule has 0 aliphatic heterocycles. The van der Waals surface area contributed by atoms with Gasteiger partial charge < -0.3 is 10.8 Å². The topological polar surface area (TPSA) is 49.5 Å². The van der Waals surface area contributed by atoms with Crippen LogP contribution in [0.4, 0.5) is 0 Å². The molecular formula is C16H26N2O. The first-order chi connectivity index (χ1) is 9.13. The Morgan fingerprint density at radius 1 is 1.32 bits per heavy atom. The summed E-state index contributed by atoms with van der Waals surface area (Å²) in [6.45, 7) is 5.08. The van der Waals surface area contributed by atoms with Crippen molar-refractivity contribution in [3.05, 3.63) is 35.4 Å². The van der Waals surface area contributed by atoms with Crippen LogP contribution in [-0.4, -0.2) is 35.2 Å². The third kappa shape index (κ3) is 3.35. The van der Waals surface area contributed by atoms with Gasteiger partial charge in [-0.15, -0.1) is 0 Å². The molecule has 0 amide bonds. The summed E-state index contributed by atoms with van der Waals surface area (Å²) in [6.07, 6.45) is 3.76. The summed E-state index contributed by atoms with van der Waals surface area (Å²) < 4.78 is 0. The lowest BCUT2D eigenvalue weighted by atomic mass is 9.87. The molecule has 1 saturated carbocycles. The number of aliphatic hydroxyl groups excluding tert-OH is 1. The Kier molecular flexibility index (Phi) is 4.97. The minimum absolute atomic E-state index is 0.0647. The average Bonchev–Trinajstić information content (AvgIpc) is 2.29. The lowest BCUT2D eigenvalue weighted by molar-refractivity contribution is 0.0503. The fourth-order valence-corrected chi connectivity index (χ4v) is 2.94. The van der Waals surface area contributed by atoms with Gasteiger partial charge >= 0.3 is 0 Å². The molecule has 19 heavy (non-hydrogen) atoms. The van der Waals surface area contributed by atoms with E-state index in [1.807, 2.05) is 0 Å². The first-order valence-electron chi connectivity index (χ1n) is 7.32. The monoisotopic (exact) mass is 262 g/mol. The van der Waals surface area contributed by atoms with E-state index in [1.165, 1.54) is 30.4 Å². The van der Waals surface area contributed by atoms with Crippen LogP contribution in [0, 0.1) is 6.92 Å². The molecule has 1 aromatic rings. The maximum atomic E-state index is 9.34. The molecule has 0 aromatic heterocycles. The largest absolute Gasteiger partial charge is 0.395 e. The molecule has 0 heterocycles. The Labute approximate surface area is 116 Å². The number of hydrogen-bond donors (Lipinski definition) is 2. The van der Waals surface area contributed by atoms with E-state index < -0.39 is 0 Å². The number of aryl methyl sites for hydroxylation is 1. The molecule has 3 nitrogen and oxygen atoms in total. The summed E-state index contributed by atoms with van der Waals surface area (Å²) in [6, 6.07) is 9.49. The SMILES string of the molecule is Cc1ccc(C(C(C)N)N(CCO)C2CCC2)cc1. The maximum Gasteiger partial charge on any atom is 0.0558 e. The predicted octanol–water partition coefficient (Wildman–Crippen LogP) is 2.23. The van der Waals surface area contributed by atoms with Crippen molar-refractivity contribution in [2.24, 2.45) is 5.73 Å². The van der Waals surface area contributed by atoms with Gasteiger partial charge in [-0.3, -0.25) is 4.90 Å². The average molecular weight is 262 g/mol. The fourth-order valence-electron chi connectivity index (χ4n) is 2.94. The minimum atomic E-state index is 0.0647. The van der Waals surface area contributed by atoms with E-state index >= 15 is 0 Å². The molecular weight excluding hydrogens is 236 g/mol. The second-order valence-electron chi connectivity index (χ2n) is 5.76. The van der Waals surface area contributed by atoms with Crippen LogP contribution in [0.3, 0.4) is 0 Å². The zero-order valence-electron chi connectivity index (χ0n) is 12.0. The highest BCUT2D eigenvalue weighted by molar-refractivity contribution is 5.25. The third-order valence-electron chi connectivity index (χ3n) is 4.18. The third-order valence-corrected chi connectivity index (χ3v) is 4.18. The highest BCUT2D eigenvalue weighted by Crippen LogP contribution is 2.33. The van der Waals surface area contributed by atoms with Gasteiger partial charge in [-0.05, 0) is 32.3 Å². The van der Waals surface area contributed by atoms with Crippen molar-refractivity contribution in [2.75, 3.05) is 13.2 Å². The van der Waals surface area contributed by atoms with E-state index in [0.29, 0.717) is 12.6 Å². The van der Waals surface area contributed by atoms with Gasteiger partial charge in [0.15, 0.2) is 0 Å². The van der Waals surface area contributed by atoms with Crippen molar-refractivity contribution < 1.29 is 5.11 Å². The number of aliphatic hydroxyl groups is 1. The summed E-state index contributed by atoms with van der Waals surface area (Å²) in [5.41, 5.74) is 8.76. The lowest BCUT2D eigenvalue weighted by Crippen LogP contribution is -2.49. The summed E-state index contributed by atoms with van der Waals surface area (Å²) in [4.78, 5) is 2.40. The van der Waals surface area contributed by atoms with E-state index in [0.717, 1.165) is 0 Å². The number of rotatable bonds is 6. The molecule has 1 aliphatic carbocycles. The minimum Gasteiger partial charge on any atom is -0.395 e. The standard InChI is InChI=1S/C16H26N2O/c1-12-6-8-14(9-7-12)16(13(2)17)18(10-11-19)15-4-3-5-15/h6-9,13,15-16,19H,3-5,10-11,17H2,1-2H3. The zero-order chi connectivity index (χ0) is 13.8. The quantitative estimate of drug-likeness (QED) is 0.826. The van der Waals surface area contributed by atoms with Crippen LogP contribution in [0.15, 0.2) is 24.3 Å². The molecule has 3 N–H and O–H groups in total. The molecule has 0 bridgehead atoms. The molecule has 0 radical (unpaired) electrons. The number of nitrogens with two attached hydrogens (primary N) is 1. The van der Waals surface area contributed by atoms with Crippen molar-refractivity contribution in [2.45, 2.75) is 51.2 Å². The first-order valence-corrected chi connectivity index (χ1v) is 7.32. The van der Waals surface area contributed by atoms with E-state index in [2.05, 4.69) is 43.0 Å². The van der Waals surface area contributed by atoms with Crippen molar-refractivity contribution in [3.8, 4) is 0 Å². The summed E-state index contributed by atoms with van der Waals surface area (Å²) >= 11 is 0. The molecule has 106 valence electrons. The highest BCUT2D eigenvalue weighted by atomic mass is 16.3. The van der Waals surface area contributed by atoms with Crippen LogP contribution in [0.2, 0.25) is 0 Å². The maximum absolute atomic E-state index is 9.34. The van der Waals surface area contributed by atoms with Gasteiger partial charge in [0, 0.05) is 24.7 Å². The first kappa shape index (κ1) is 14.5. The Balaban J connectivity index is 2.23. The molecule has 1 aliphatic rings. The Morgan fingerprint density at radius 2 is 1.95 bits per heavy atom. The molecule has 2 atom stereocenters. The van der Waals surface area contributed by atoms with Crippen LogP contribution in [0.25, 0.3) is 0 Å². The smallest absolute Gasteiger partial charge is 0.0558 e. The Bertz CT molecular complexity index is 384. The normalized spacial score (nSPS) is 19.2. The van der Waals surface area contributed by atoms with Crippen LogP contribution in [0.1, 0.15) is 43.4 Å². The summed E-state index contributed by atoms with van der Waals surface area (Å²) in [7, 11) is 0. The van der Waals surface area contributed by atoms with Crippen LogP contribution < -0.4 is 5.73 Å². The summed E-state index contributed by atoms with van der Waals surface area (Å²) in [5.74, 6) is 0. The molecule has 1 fully saturated rings. The van der Waals surface area contributed by atoms with E-state index in [9.17, 15) is 5.11 Å². The van der Waals surface area contributed by atoms with Crippen molar-refractivity contribution in [1.29, 1.82) is 0 Å². The Morgan fingerprint density at radius 3 is 2.37 bits per heavy atom. The van der Waals surface area contributed by atoms with Gasteiger partial charge in [0.05, 0.1) is 6.61 Å². The molecule has 2 unspecified atom stereocenters. The van der Waals surface area contributed by atoms with Gasteiger partial charge in [0.25, 0.3) is 0 Å². The number of nitrogens with zero attached hydrogens (tertiary/aromatic N) is 1. The van der Waals surface area contributed by atoms with Crippen LogP contribution in [0.5, 0.6) is 0 Å². The van der Waals surface area contributed by atoms with Gasteiger partial charge in [-0.2, -0.15) is 0 Å². The van der Waals surface area contributed by atoms with Crippen molar-refractivity contribution in [3.63, 3.8) is 0 Å². The zero-order valence-corrected chi connectivity index (χ0v) is 12.0. The van der Waals surface area contributed by atoms with E-state index in [4.69, 9.17) is 5.73 Å². The Hall–Kier alpha value is -0.900. The summed E-state index contributed by atoms with van der Waals surface area (Å²) in [5, 5.41) is 9.34. The lowest BCUT2D eigenvalue weighted by Gasteiger charge is -2.44. The van der Waals surface area contributed by atoms with Gasteiger partial charge in [-0.25, -0.2) is 0 Å². The van der Waals surface area contributed by atoms with E-state index in [1.54, 1.807) is 0 Å². The molecule has 0 saturated heterocycles. The molecule has 2 rings (SSSR count). The molecule has 1 aromatic carbocycles. The van der Waals surface area contributed by atoms with Gasteiger partial charge in [0.2, 0.25) is 0 Å². The van der Waals surface area contributed by atoms with Crippen molar-refractivity contribution in [1.82, 2.24) is 4.90 Å². The second-order valence-corrected chi connectivity index (χ2v) is 5.76. The predicted molar refractivity (Wildman–Crippen MR) is 79.0 cm³/mol. The van der Waals surface area contributed by atoms with Crippen molar-refractivity contribution >= 4 is 0 Å². The number of hydrogen-bond acceptors (Lipinski definition) is 3.